The van der Waals surface area contributed by atoms with Gasteiger partial charge in [0.05, 0.1) is 5.56 Å². The van der Waals surface area contributed by atoms with Gasteiger partial charge in [0.15, 0.2) is 6.29 Å². The van der Waals surface area contributed by atoms with Gasteiger partial charge in [-0.1, -0.05) is 0 Å². The Bertz CT molecular complexity index is 607. The second kappa shape index (κ2) is 4.77. The van der Waals surface area contributed by atoms with E-state index in [1.807, 2.05) is 0 Å². The van der Waals surface area contributed by atoms with Crippen LogP contribution in [0.1, 0.15) is 27.9 Å². The molecule has 0 heterocycles. The summed E-state index contributed by atoms with van der Waals surface area (Å²) in [6.45, 7) is 0. The first-order chi connectivity index (χ1) is 7.82. The molecule has 0 unspecified atom stereocenters. The molecule has 0 saturated heterocycles. The lowest BCUT2D eigenvalue weighted by Crippen LogP contribution is -2.04. The van der Waals surface area contributed by atoms with Crippen LogP contribution < -0.4 is 0 Å². The van der Waals surface area contributed by atoms with E-state index in [0.29, 0.717) is 0 Å². The summed E-state index contributed by atoms with van der Waals surface area (Å²) < 4.78 is 47.5. The maximum Gasteiger partial charge on any atom is 0.265 e. The Balaban J connectivity index is 3.78. The van der Waals surface area contributed by atoms with Gasteiger partial charge in [0.1, 0.15) is 11.0 Å². The van der Waals surface area contributed by atoms with E-state index in [1.54, 1.807) is 0 Å². The number of nitrogens with zero attached hydrogens (tertiary/aromatic N) is 1. The molecule has 0 atom stereocenters. The van der Waals surface area contributed by atoms with Gasteiger partial charge in [0, 0.05) is 21.8 Å². The zero-order chi connectivity index (χ0) is 13.2. The van der Waals surface area contributed by atoms with Gasteiger partial charge in [0.2, 0.25) is 0 Å². The lowest BCUT2D eigenvalue weighted by Gasteiger charge is -2.08. The SMILES string of the molecule is N#Cc1c(S(=O)(=O)Cl)ccc(C=O)c1C(F)F. The predicted molar refractivity (Wildman–Crippen MR) is 54.5 cm³/mol. The summed E-state index contributed by atoms with van der Waals surface area (Å²) >= 11 is 0. The predicted octanol–water partition coefficient (Wildman–Crippen LogP) is 2.24. The lowest BCUT2D eigenvalue weighted by atomic mass is 10.0. The molecule has 17 heavy (non-hydrogen) atoms. The molecule has 0 bridgehead atoms. The number of hydrogen-bond acceptors (Lipinski definition) is 4. The van der Waals surface area contributed by atoms with Crippen molar-refractivity contribution in [2.24, 2.45) is 0 Å². The third-order valence-electron chi connectivity index (χ3n) is 1.96. The molecule has 90 valence electrons. The van der Waals surface area contributed by atoms with Gasteiger partial charge < -0.3 is 0 Å². The highest BCUT2D eigenvalue weighted by atomic mass is 35.7. The molecule has 4 nitrogen and oxygen atoms in total. The summed E-state index contributed by atoms with van der Waals surface area (Å²) in [6, 6.07) is 3.05. The summed E-state index contributed by atoms with van der Waals surface area (Å²) in [7, 11) is 0.676. The van der Waals surface area contributed by atoms with Crippen molar-refractivity contribution in [1.29, 1.82) is 5.26 Å². The monoisotopic (exact) mass is 279 g/mol. The maximum absolute atomic E-state index is 12.7. The fraction of sp³-hybridized carbons (Fsp3) is 0.111. The maximum atomic E-state index is 12.7. The molecule has 0 aliphatic heterocycles. The van der Waals surface area contributed by atoms with Crippen molar-refractivity contribution in [2.75, 3.05) is 0 Å². The summed E-state index contributed by atoms with van der Waals surface area (Å²) in [5, 5.41) is 8.71. The summed E-state index contributed by atoms with van der Waals surface area (Å²) in [4.78, 5) is 9.80. The van der Waals surface area contributed by atoms with Crippen molar-refractivity contribution in [3.8, 4) is 6.07 Å². The molecule has 0 spiro atoms. The number of halogens is 3. The van der Waals surface area contributed by atoms with E-state index in [1.165, 1.54) is 6.07 Å². The minimum Gasteiger partial charge on any atom is -0.298 e. The van der Waals surface area contributed by atoms with Gasteiger partial charge in [-0.05, 0) is 12.1 Å². The third kappa shape index (κ3) is 2.60. The number of nitriles is 1. The van der Waals surface area contributed by atoms with E-state index in [0.717, 1.165) is 12.1 Å². The molecule has 8 heteroatoms. The topological polar surface area (TPSA) is 75.0 Å². The first-order valence-corrected chi connectivity index (χ1v) is 6.38. The van der Waals surface area contributed by atoms with E-state index >= 15 is 0 Å². The molecule has 0 N–H and O–H groups in total. The van der Waals surface area contributed by atoms with Crippen LogP contribution in [-0.2, 0) is 9.05 Å². The highest BCUT2D eigenvalue weighted by Crippen LogP contribution is 2.31. The van der Waals surface area contributed by atoms with E-state index in [2.05, 4.69) is 0 Å². The first kappa shape index (κ1) is 13.5. The molecule has 0 aliphatic rings. The Morgan fingerprint density at radius 3 is 2.35 bits per heavy atom. The largest absolute Gasteiger partial charge is 0.298 e. The van der Waals surface area contributed by atoms with Crippen LogP contribution in [0.4, 0.5) is 8.78 Å². The molecule has 1 rings (SSSR count). The zero-order valence-corrected chi connectivity index (χ0v) is 9.60. The molecule has 1 aromatic carbocycles. The van der Waals surface area contributed by atoms with Crippen LogP contribution >= 0.6 is 10.7 Å². The van der Waals surface area contributed by atoms with Crippen molar-refractivity contribution < 1.29 is 22.0 Å². The number of alkyl halides is 2. The second-order valence-electron chi connectivity index (χ2n) is 2.91. The minimum atomic E-state index is -4.33. The Labute approximate surface area is 99.8 Å². The van der Waals surface area contributed by atoms with Gasteiger partial charge in [-0.2, -0.15) is 5.26 Å². The smallest absolute Gasteiger partial charge is 0.265 e. The molecule has 0 amide bonds. The zero-order valence-electron chi connectivity index (χ0n) is 8.02. The average molecular weight is 280 g/mol. The quantitative estimate of drug-likeness (QED) is 0.628. The number of benzene rings is 1. The Hall–Kier alpha value is -1.52. The molecule has 0 aromatic heterocycles. The highest BCUT2D eigenvalue weighted by molar-refractivity contribution is 8.13. The van der Waals surface area contributed by atoms with Crippen molar-refractivity contribution in [3.63, 3.8) is 0 Å². The van der Waals surface area contributed by atoms with Gasteiger partial charge in [-0.3, -0.25) is 4.79 Å². The Morgan fingerprint density at radius 1 is 1.41 bits per heavy atom. The number of rotatable bonds is 3. The van der Waals surface area contributed by atoms with Crippen LogP contribution in [0.25, 0.3) is 0 Å². The highest BCUT2D eigenvalue weighted by Gasteiger charge is 2.25. The van der Waals surface area contributed by atoms with Crippen molar-refractivity contribution in [2.45, 2.75) is 11.3 Å². The number of hydrogen-bond donors (Lipinski definition) is 0. The first-order valence-electron chi connectivity index (χ1n) is 4.08. The fourth-order valence-corrected chi connectivity index (χ4v) is 2.29. The number of aldehydes is 1. The van der Waals surface area contributed by atoms with Crippen LogP contribution in [0.15, 0.2) is 17.0 Å². The molecule has 1 aromatic rings. The molecule has 0 fully saturated rings. The molecular weight excluding hydrogens is 276 g/mol. The molecule has 0 aliphatic carbocycles. The van der Waals surface area contributed by atoms with Gasteiger partial charge in [-0.25, -0.2) is 17.2 Å². The van der Waals surface area contributed by atoms with Crippen molar-refractivity contribution in [3.05, 3.63) is 28.8 Å². The van der Waals surface area contributed by atoms with Crippen LogP contribution in [0.2, 0.25) is 0 Å². The van der Waals surface area contributed by atoms with E-state index in [-0.39, 0.29) is 6.29 Å². The summed E-state index contributed by atoms with van der Waals surface area (Å²) in [5.74, 6) is 0. The van der Waals surface area contributed by atoms with Crippen molar-refractivity contribution >= 4 is 26.0 Å². The summed E-state index contributed by atoms with van der Waals surface area (Å²) in [6.07, 6.45) is -3.03. The van der Waals surface area contributed by atoms with Crippen molar-refractivity contribution in [1.82, 2.24) is 0 Å². The minimum absolute atomic E-state index is 0.118. The van der Waals surface area contributed by atoms with Crippen LogP contribution in [0.5, 0.6) is 0 Å². The Kier molecular flexibility index (Phi) is 3.80. The number of carbonyl (C=O) groups is 1. The number of carbonyl (C=O) groups excluding carboxylic acids is 1. The summed E-state index contributed by atoms with van der Waals surface area (Å²) in [5.41, 5.74) is -2.18. The van der Waals surface area contributed by atoms with E-state index in [9.17, 15) is 22.0 Å². The normalized spacial score (nSPS) is 11.2. The van der Waals surface area contributed by atoms with Crippen LogP contribution in [0.3, 0.4) is 0 Å². The van der Waals surface area contributed by atoms with E-state index in [4.69, 9.17) is 15.9 Å². The standard InChI is InChI=1S/C9H4ClF2NO3S/c10-17(15,16)7-2-1-5(4-14)8(9(11)12)6(7)3-13/h1-2,4,9H. The van der Waals surface area contributed by atoms with Gasteiger partial charge >= 0.3 is 0 Å². The second-order valence-corrected chi connectivity index (χ2v) is 5.44. The van der Waals surface area contributed by atoms with Gasteiger partial charge in [-0.15, -0.1) is 0 Å². The molecule has 0 saturated carbocycles. The van der Waals surface area contributed by atoms with Crippen LogP contribution in [-0.4, -0.2) is 14.7 Å². The van der Waals surface area contributed by atoms with E-state index < -0.39 is 37.1 Å². The molecule has 0 radical (unpaired) electrons. The fourth-order valence-electron chi connectivity index (χ4n) is 1.27. The van der Waals surface area contributed by atoms with Crippen LogP contribution in [0, 0.1) is 11.3 Å². The Morgan fingerprint density at radius 2 is 2.00 bits per heavy atom. The lowest BCUT2D eigenvalue weighted by molar-refractivity contribution is 0.110. The molecular formula is C9H4ClF2NO3S. The average Bonchev–Trinajstić information content (AvgIpc) is 2.25. The third-order valence-corrected chi connectivity index (χ3v) is 3.32. The van der Waals surface area contributed by atoms with Gasteiger partial charge in [0.25, 0.3) is 15.5 Å².